The van der Waals surface area contributed by atoms with Crippen LogP contribution in [0.2, 0.25) is 0 Å². The number of likely N-dealkylation sites (tertiary alicyclic amines) is 1. The standard InChI is InChI=1S/C15H24N2O3/c1-14(2,3)20-13(19)17-9-12(18)11(8-16(4)5)15(10-17)6-7-15/h8H,6-7,9-10H2,1-5H3/b11-8+. The summed E-state index contributed by atoms with van der Waals surface area (Å²) in [6.45, 7) is 6.21. The lowest BCUT2D eigenvalue weighted by atomic mass is 9.88. The third-order valence-electron chi connectivity index (χ3n) is 3.59. The molecule has 1 aliphatic heterocycles. The summed E-state index contributed by atoms with van der Waals surface area (Å²) in [6, 6.07) is 0. The van der Waals surface area contributed by atoms with E-state index in [9.17, 15) is 9.59 Å². The van der Waals surface area contributed by atoms with E-state index in [1.165, 1.54) is 0 Å². The molecule has 0 aromatic heterocycles. The highest BCUT2D eigenvalue weighted by molar-refractivity contribution is 6.01. The molecule has 0 radical (unpaired) electrons. The monoisotopic (exact) mass is 280 g/mol. The minimum atomic E-state index is -0.531. The van der Waals surface area contributed by atoms with Gasteiger partial charge in [0.1, 0.15) is 5.60 Å². The van der Waals surface area contributed by atoms with Gasteiger partial charge in [0, 0.05) is 37.8 Å². The molecule has 1 saturated carbocycles. The number of piperidine rings is 1. The molecular weight excluding hydrogens is 256 g/mol. The summed E-state index contributed by atoms with van der Waals surface area (Å²) in [5.41, 5.74) is 0.204. The van der Waals surface area contributed by atoms with Crippen LogP contribution < -0.4 is 0 Å². The molecule has 1 spiro atoms. The molecule has 0 aromatic carbocycles. The fourth-order valence-corrected chi connectivity index (χ4v) is 2.56. The van der Waals surface area contributed by atoms with Crippen LogP contribution >= 0.6 is 0 Å². The van der Waals surface area contributed by atoms with E-state index in [4.69, 9.17) is 4.74 Å². The average molecular weight is 280 g/mol. The van der Waals surface area contributed by atoms with Crippen molar-refractivity contribution in [2.45, 2.75) is 39.2 Å². The van der Waals surface area contributed by atoms with Gasteiger partial charge in [0.2, 0.25) is 0 Å². The van der Waals surface area contributed by atoms with Gasteiger partial charge in [-0.2, -0.15) is 0 Å². The maximum absolute atomic E-state index is 12.3. The van der Waals surface area contributed by atoms with Crippen LogP contribution in [0.4, 0.5) is 4.79 Å². The predicted octanol–water partition coefficient (Wildman–Crippen LogP) is 2.03. The van der Waals surface area contributed by atoms with Gasteiger partial charge in [-0.15, -0.1) is 0 Å². The fourth-order valence-electron chi connectivity index (χ4n) is 2.56. The molecule has 0 atom stereocenters. The molecule has 2 aliphatic rings. The van der Waals surface area contributed by atoms with Gasteiger partial charge in [0.25, 0.3) is 0 Å². The van der Waals surface area contributed by atoms with Gasteiger partial charge in [-0.1, -0.05) is 0 Å². The quantitative estimate of drug-likeness (QED) is 0.690. The Morgan fingerprint density at radius 2 is 1.95 bits per heavy atom. The highest BCUT2D eigenvalue weighted by atomic mass is 16.6. The lowest BCUT2D eigenvalue weighted by Gasteiger charge is -2.35. The lowest BCUT2D eigenvalue weighted by molar-refractivity contribution is -0.119. The van der Waals surface area contributed by atoms with Crippen LogP contribution in [-0.4, -0.2) is 54.5 Å². The molecule has 0 aromatic rings. The SMILES string of the molecule is CN(C)/C=C1\C(=O)CN(C(=O)OC(C)(C)C)CC12CC2. The minimum Gasteiger partial charge on any atom is -0.444 e. The zero-order valence-corrected chi connectivity index (χ0v) is 13.0. The van der Waals surface area contributed by atoms with Crippen molar-refractivity contribution < 1.29 is 14.3 Å². The maximum atomic E-state index is 12.3. The van der Waals surface area contributed by atoms with Crippen LogP contribution in [-0.2, 0) is 9.53 Å². The number of amides is 1. The Kier molecular flexibility index (Phi) is 3.56. The van der Waals surface area contributed by atoms with E-state index in [1.807, 2.05) is 46.0 Å². The summed E-state index contributed by atoms with van der Waals surface area (Å²) >= 11 is 0. The number of carbonyl (C=O) groups excluding carboxylic acids is 2. The lowest BCUT2D eigenvalue weighted by Crippen LogP contribution is -2.48. The molecule has 2 fully saturated rings. The van der Waals surface area contributed by atoms with Crippen molar-refractivity contribution >= 4 is 11.9 Å². The van der Waals surface area contributed by atoms with E-state index < -0.39 is 5.60 Å². The summed E-state index contributed by atoms with van der Waals surface area (Å²) in [6.07, 6.45) is 3.46. The Morgan fingerprint density at radius 1 is 1.35 bits per heavy atom. The molecule has 20 heavy (non-hydrogen) atoms. The number of rotatable bonds is 1. The predicted molar refractivity (Wildman–Crippen MR) is 76.3 cm³/mol. The van der Waals surface area contributed by atoms with E-state index in [1.54, 1.807) is 4.90 Å². The number of hydrogen-bond donors (Lipinski definition) is 0. The number of Topliss-reactive ketones (excluding diaryl/α,β-unsaturated/α-hetero) is 1. The van der Waals surface area contributed by atoms with Gasteiger partial charge >= 0.3 is 6.09 Å². The van der Waals surface area contributed by atoms with E-state index in [0.29, 0.717) is 6.54 Å². The van der Waals surface area contributed by atoms with Gasteiger partial charge < -0.3 is 9.64 Å². The van der Waals surface area contributed by atoms with Crippen LogP contribution in [0.1, 0.15) is 33.6 Å². The fraction of sp³-hybridized carbons (Fsp3) is 0.733. The van der Waals surface area contributed by atoms with Crippen molar-refractivity contribution in [3.05, 3.63) is 11.8 Å². The zero-order valence-electron chi connectivity index (χ0n) is 13.0. The minimum absolute atomic E-state index is 0.0355. The van der Waals surface area contributed by atoms with Gasteiger partial charge in [0.05, 0.1) is 6.54 Å². The van der Waals surface area contributed by atoms with Crippen LogP contribution in [0.25, 0.3) is 0 Å². The first-order valence-electron chi connectivity index (χ1n) is 7.03. The van der Waals surface area contributed by atoms with E-state index >= 15 is 0 Å². The zero-order chi connectivity index (χ0) is 15.1. The normalized spacial score (nSPS) is 23.1. The molecule has 0 bridgehead atoms. The molecule has 0 N–H and O–H groups in total. The average Bonchev–Trinajstić information content (AvgIpc) is 3.01. The summed E-state index contributed by atoms with van der Waals surface area (Å²) in [7, 11) is 3.83. The molecule has 2 rings (SSSR count). The molecule has 0 unspecified atom stereocenters. The number of carbonyl (C=O) groups is 2. The Bertz CT molecular complexity index is 456. The summed E-state index contributed by atoms with van der Waals surface area (Å²) in [5, 5.41) is 0. The van der Waals surface area contributed by atoms with Crippen molar-refractivity contribution in [3.63, 3.8) is 0 Å². The first-order valence-corrected chi connectivity index (χ1v) is 7.03. The number of ether oxygens (including phenoxy) is 1. The van der Waals surface area contributed by atoms with Crippen LogP contribution in [0, 0.1) is 5.41 Å². The van der Waals surface area contributed by atoms with Crippen molar-refractivity contribution in [1.82, 2.24) is 9.80 Å². The molecule has 1 amide bonds. The third kappa shape index (κ3) is 3.14. The Hall–Kier alpha value is -1.52. The first-order chi connectivity index (χ1) is 9.13. The second-order valence-electron chi connectivity index (χ2n) is 7.05. The van der Waals surface area contributed by atoms with Crippen molar-refractivity contribution in [2.75, 3.05) is 27.2 Å². The highest BCUT2D eigenvalue weighted by Gasteiger charge is 2.53. The van der Waals surface area contributed by atoms with Gasteiger partial charge in [-0.3, -0.25) is 9.69 Å². The molecule has 112 valence electrons. The van der Waals surface area contributed by atoms with E-state index in [2.05, 4.69) is 0 Å². The Morgan fingerprint density at radius 3 is 2.40 bits per heavy atom. The molecule has 5 heteroatoms. The summed E-state index contributed by atoms with van der Waals surface area (Å²) < 4.78 is 5.37. The second-order valence-corrected chi connectivity index (χ2v) is 7.05. The molecule has 1 heterocycles. The molecular formula is C15H24N2O3. The topological polar surface area (TPSA) is 49.9 Å². The van der Waals surface area contributed by atoms with Gasteiger partial charge in [0.15, 0.2) is 5.78 Å². The van der Waals surface area contributed by atoms with Crippen molar-refractivity contribution in [1.29, 1.82) is 0 Å². The second kappa shape index (κ2) is 4.79. The summed E-state index contributed by atoms with van der Waals surface area (Å²) in [4.78, 5) is 27.9. The van der Waals surface area contributed by atoms with E-state index in [-0.39, 0.29) is 23.8 Å². The number of hydrogen-bond acceptors (Lipinski definition) is 4. The largest absolute Gasteiger partial charge is 0.444 e. The van der Waals surface area contributed by atoms with Gasteiger partial charge in [-0.05, 0) is 33.6 Å². The first kappa shape index (κ1) is 14.9. The Labute approximate surface area is 120 Å². The van der Waals surface area contributed by atoms with Crippen LogP contribution in [0.5, 0.6) is 0 Å². The summed E-state index contributed by atoms with van der Waals surface area (Å²) in [5.74, 6) is 0.0355. The smallest absolute Gasteiger partial charge is 0.410 e. The van der Waals surface area contributed by atoms with E-state index in [0.717, 1.165) is 18.4 Å². The third-order valence-corrected chi connectivity index (χ3v) is 3.59. The van der Waals surface area contributed by atoms with Crippen LogP contribution in [0.3, 0.4) is 0 Å². The maximum Gasteiger partial charge on any atom is 0.410 e. The van der Waals surface area contributed by atoms with Crippen LogP contribution in [0.15, 0.2) is 11.8 Å². The van der Waals surface area contributed by atoms with Crippen molar-refractivity contribution in [3.8, 4) is 0 Å². The number of nitrogens with zero attached hydrogens (tertiary/aromatic N) is 2. The number of ketones is 1. The molecule has 1 saturated heterocycles. The van der Waals surface area contributed by atoms with Gasteiger partial charge in [-0.25, -0.2) is 4.79 Å². The van der Waals surface area contributed by atoms with Crippen molar-refractivity contribution in [2.24, 2.45) is 5.41 Å². The highest BCUT2D eigenvalue weighted by Crippen LogP contribution is 2.54. The molecule has 1 aliphatic carbocycles. The molecule has 5 nitrogen and oxygen atoms in total. The Balaban J connectivity index is 2.13.